The molecule has 0 bridgehead atoms. The topological polar surface area (TPSA) is 36.5 Å². The van der Waals surface area contributed by atoms with Gasteiger partial charge in [-0.15, -0.1) is 0 Å². The number of ether oxygens (including phenoxy) is 1. The maximum absolute atomic E-state index is 6.31. The molecule has 0 spiro atoms. The van der Waals surface area contributed by atoms with Gasteiger partial charge in [-0.1, -0.05) is 23.2 Å². The molecule has 4 rings (SSSR count). The molecule has 0 unspecified atom stereocenters. The number of hydrogen-bond acceptors (Lipinski definition) is 4. The normalized spacial score (nSPS) is 21.7. The number of nitrogens with one attached hydrogen (secondary N) is 2. The fourth-order valence-corrected chi connectivity index (χ4v) is 4.48. The molecule has 132 valence electrons. The summed E-state index contributed by atoms with van der Waals surface area (Å²) in [6.45, 7) is 3.13. The second-order valence-corrected chi connectivity index (χ2v) is 7.61. The average molecular weight is 378 g/mol. The number of methoxy groups -OCH3 is 1. The lowest BCUT2D eigenvalue weighted by molar-refractivity contribution is 0.407. The summed E-state index contributed by atoms with van der Waals surface area (Å²) in [5, 5.41) is 8.16. The molecule has 2 aliphatic heterocycles. The summed E-state index contributed by atoms with van der Waals surface area (Å²) in [7, 11) is 3.86. The van der Waals surface area contributed by atoms with Crippen LogP contribution in [0, 0.1) is 5.92 Å². The van der Waals surface area contributed by atoms with Gasteiger partial charge in [0.05, 0.1) is 23.5 Å². The maximum Gasteiger partial charge on any atom is 0.144 e. The standard InChI is InChI=1S/C19H21Cl2N3O/c1-24-10-11-8-22-9-15(11)14-6-13(7-18(25-2)19(14)24)23-17-4-3-12(20)5-16(17)21/h3-7,11,15,22-23H,8-10H2,1-2H3/t11-,15-/m1/s1. The summed E-state index contributed by atoms with van der Waals surface area (Å²) in [6, 6.07) is 9.72. The first-order valence-corrected chi connectivity index (χ1v) is 9.18. The van der Waals surface area contributed by atoms with Crippen molar-refractivity contribution in [3.05, 3.63) is 45.9 Å². The van der Waals surface area contributed by atoms with Gasteiger partial charge in [-0.3, -0.25) is 0 Å². The molecule has 2 aromatic rings. The van der Waals surface area contributed by atoms with Crippen LogP contribution >= 0.6 is 23.2 Å². The molecule has 25 heavy (non-hydrogen) atoms. The summed E-state index contributed by atoms with van der Waals surface area (Å²) in [4.78, 5) is 2.31. The van der Waals surface area contributed by atoms with E-state index in [4.69, 9.17) is 27.9 Å². The Balaban J connectivity index is 1.76. The third-order valence-electron chi connectivity index (χ3n) is 5.16. The highest BCUT2D eigenvalue weighted by Crippen LogP contribution is 2.46. The fourth-order valence-electron chi connectivity index (χ4n) is 4.03. The zero-order chi connectivity index (χ0) is 17.6. The predicted molar refractivity (Wildman–Crippen MR) is 105 cm³/mol. The smallest absolute Gasteiger partial charge is 0.144 e. The number of anilines is 3. The summed E-state index contributed by atoms with van der Waals surface area (Å²) < 4.78 is 5.70. The van der Waals surface area contributed by atoms with Crippen molar-refractivity contribution in [2.24, 2.45) is 5.92 Å². The van der Waals surface area contributed by atoms with E-state index in [0.29, 0.717) is 21.9 Å². The van der Waals surface area contributed by atoms with Crippen molar-refractivity contribution < 1.29 is 4.74 Å². The van der Waals surface area contributed by atoms with E-state index in [9.17, 15) is 0 Å². The molecule has 0 aromatic heterocycles. The number of hydrogen-bond donors (Lipinski definition) is 2. The molecule has 2 atom stereocenters. The fraction of sp³-hybridized carbons (Fsp3) is 0.368. The minimum atomic E-state index is 0.516. The van der Waals surface area contributed by atoms with E-state index in [1.807, 2.05) is 18.2 Å². The zero-order valence-electron chi connectivity index (χ0n) is 14.3. The van der Waals surface area contributed by atoms with Crippen LogP contribution in [0.4, 0.5) is 17.1 Å². The van der Waals surface area contributed by atoms with Gasteiger partial charge in [0.2, 0.25) is 0 Å². The van der Waals surface area contributed by atoms with E-state index >= 15 is 0 Å². The largest absolute Gasteiger partial charge is 0.494 e. The van der Waals surface area contributed by atoms with Crippen LogP contribution in [0.15, 0.2) is 30.3 Å². The van der Waals surface area contributed by atoms with Crippen molar-refractivity contribution in [3.8, 4) is 5.75 Å². The van der Waals surface area contributed by atoms with E-state index < -0.39 is 0 Å². The number of fused-ring (bicyclic) bond motifs is 3. The predicted octanol–water partition coefficient (Wildman–Crippen LogP) is 4.50. The van der Waals surface area contributed by atoms with Crippen molar-refractivity contribution in [2.75, 3.05) is 44.0 Å². The highest BCUT2D eigenvalue weighted by atomic mass is 35.5. The average Bonchev–Trinajstić information content (AvgIpc) is 3.05. The van der Waals surface area contributed by atoms with Gasteiger partial charge in [0.1, 0.15) is 5.75 Å². The van der Waals surface area contributed by atoms with Crippen molar-refractivity contribution >= 4 is 40.3 Å². The molecular weight excluding hydrogens is 357 g/mol. The van der Waals surface area contributed by atoms with Gasteiger partial charge in [-0.2, -0.15) is 0 Å². The number of nitrogens with zero attached hydrogens (tertiary/aromatic N) is 1. The molecule has 1 saturated heterocycles. The van der Waals surface area contributed by atoms with E-state index in [1.165, 1.54) is 11.3 Å². The van der Waals surface area contributed by atoms with Crippen molar-refractivity contribution in [1.29, 1.82) is 0 Å². The van der Waals surface area contributed by atoms with Crippen molar-refractivity contribution in [1.82, 2.24) is 5.32 Å². The van der Waals surface area contributed by atoms with Crippen LogP contribution in [-0.2, 0) is 0 Å². The second kappa shape index (κ2) is 6.60. The minimum Gasteiger partial charge on any atom is -0.494 e. The zero-order valence-corrected chi connectivity index (χ0v) is 15.8. The molecule has 6 heteroatoms. The second-order valence-electron chi connectivity index (χ2n) is 6.77. The summed E-state index contributed by atoms with van der Waals surface area (Å²) in [5.41, 5.74) is 4.33. The molecule has 2 heterocycles. The molecule has 0 aliphatic carbocycles. The Labute approximate surface area is 158 Å². The van der Waals surface area contributed by atoms with E-state index in [2.05, 4.69) is 28.6 Å². The number of benzene rings is 2. The third kappa shape index (κ3) is 3.03. The van der Waals surface area contributed by atoms with E-state index in [-0.39, 0.29) is 0 Å². The SMILES string of the molecule is COc1cc(Nc2ccc(Cl)cc2Cl)cc2c1N(C)C[C@H]1CNC[C@@H]21. The Hall–Kier alpha value is -1.62. The van der Waals surface area contributed by atoms with Gasteiger partial charge in [-0.05, 0) is 35.7 Å². The van der Waals surface area contributed by atoms with Crippen molar-refractivity contribution in [2.45, 2.75) is 5.92 Å². The molecule has 0 amide bonds. The first kappa shape index (κ1) is 16.8. The molecule has 1 fully saturated rings. The highest BCUT2D eigenvalue weighted by Gasteiger charge is 2.37. The van der Waals surface area contributed by atoms with Crippen LogP contribution < -0.4 is 20.3 Å². The first-order valence-electron chi connectivity index (χ1n) is 8.42. The summed E-state index contributed by atoms with van der Waals surface area (Å²) in [6.07, 6.45) is 0. The van der Waals surface area contributed by atoms with Gasteiger partial charge in [0.15, 0.2) is 0 Å². The third-order valence-corrected chi connectivity index (χ3v) is 5.71. The van der Waals surface area contributed by atoms with E-state index in [1.54, 1.807) is 13.2 Å². The van der Waals surface area contributed by atoms with Crippen LogP contribution in [0.25, 0.3) is 0 Å². The Morgan fingerprint density at radius 2 is 2.04 bits per heavy atom. The Bertz CT molecular complexity index is 811. The van der Waals surface area contributed by atoms with Gasteiger partial charge < -0.3 is 20.3 Å². The molecule has 0 saturated carbocycles. The Morgan fingerprint density at radius 3 is 2.80 bits per heavy atom. The minimum absolute atomic E-state index is 0.516. The quantitative estimate of drug-likeness (QED) is 0.825. The Morgan fingerprint density at radius 1 is 1.20 bits per heavy atom. The van der Waals surface area contributed by atoms with Gasteiger partial charge in [-0.25, -0.2) is 0 Å². The van der Waals surface area contributed by atoms with Gasteiger partial charge in [0, 0.05) is 49.4 Å². The lowest BCUT2D eigenvalue weighted by Gasteiger charge is -2.37. The maximum atomic E-state index is 6.31. The highest BCUT2D eigenvalue weighted by molar-refractivity contribution is 6.36. The monoisotopic (exact) mass is 377 g/mol. The first-order chi connectivity index (χ1) is 12.1. The van der Waals surface area contributed by atoms with Gasteiger partial charge in [0.25, 0.3) is 0 Å². The number of rotatable bonds is 3. The molecule has 2 N–H and O–H groups in total. The van der Waals surface area contributed by atoms with Crippen LogP contribution in [0.3, 0.4) is 0 Å². The Kier molecular flexibility index (Phi) is 4.44. The van der Waals surface area contributed by atoms with Gasteiger partial charge >= 0.3 is 0 Å². The van der Waals surface area contributed by atoms with Crippen molar-refractivity contribution in [3.63, 3.8) is 0 Å². The van der Waals surface area contributed by atoms with Crippen LogP contribution in [-0.4, -0.2) is 33.8 Å². The van der Waals surface area contributed by atoms with E-state index in [0.717, 1.165) is 36.8 Å². The number of halogens is 2. The summed E-state index contributed by atoms with van der Waals surface area (Å²) in [5.74, 6) is 2.04. The van der Waals surface area contributed by atoms with Crippen LogP contribution in [0.1, 0.15) is 11.5 Å². The molecule has 2 aliphatic rings. The van der Waals surface area contributed by atoms with Crippen LogP contribution in [0.5, 0.6) is 5.75 Å². The molecule has 2 aromatic carbocycles. The molecule has 4 nitrogen and oxygen atoms in total. The molecule has 0 radical (unpaired) electrons. The molecular formula is C19H21Cl2N3O. The lowest BCUT2D eigenvalue weighted by Crippen LogP contribution is -2.35. The van der Waals surface area contributed by atoms with Crippen LogP contribution in [0.2, 0.25) is 10.0 Å². The summed E-state index contributed by atoms with van der Waals surface area (Å²) >= 11 is 12.3. The lowest BCUT2D eigenvalue weighted by atomic mass is 9.83.